The van der Waals surface area contributed by atoms with Crippen LogP contribution in [-0.4, -0.2) is 53.0 Å². The van der Waals surface area contributed by atoms with Gasteiger partial charge in [0.1, 0.15) is 18.1 Å². The molecule has 0 aliphatic rings. The van der Waals surface area contributed by atoms with Gasteiger partial charge in [-0.25, -0.2) is 4.79 Å². The molecule has 0 aliphatic heterocycles. The second kappa shape index (κ2) is 12.4. The highest BCUT2D eigenvalue weighted by Crippen LogP contribution is 2.08. The topological polar surface area (TPSA) is 151 Å². The van der Waals surface area contributed by atoms with Gasteiger partial charge in [0, 0.05) is 0 Å². The molecular formula is C20H38N4O5. The van der Waals surface area contributed by atoms with Gasteiger partial charge in [0.15, 0.2) is 0 Å². The van der Waals surface area contributed by atoms with E-state index < -0.39 is 47.9 Å². The van der Waals surface area contributed by atoms with Gasteiger partial charge in [0.25, 0.3) is 0 Å². The lowest BCUT2D eigenvalue weighted by molar-refractivity contribution is -0.142. The maximum atomic E-state index is 12.7. The van der Waals surface area contributed by atoms with E-state index in [0.717, 1.165) is 0 Å². The molecule has 0 aromatic rings. The number of hydrogen-bond acceptors (Lipinski definition) is 5. The van der Waals surface area contributed by atoms with Crippen molar-refractivity contribution in [2.24, 2.45) is 23.5 Å². The molecule has 0 aromatic heterocycles. The van der Waals surface area contributed by atoms with Crippen molar-refractivity contribution in [1.29, 1.82) is 0 Å². The van der Waals surface area contributed by atoms with Gasteiger partial charge in [-0.2, -0.15) is 0 Å². The van der Waals surface area contributed by atoms with Gasteiger partial charge in [-0.15, -0.1) is 0 Å². The fourth-order valence-corrected chi connectivity index (χ4v) is 2.64. The molecule has 0 spiro atoms. The number of carbonyl (C=O) groups excluding carboxylic acids is 3. The Balaban J connectivity index is 5.06. The zero-order chi connectivity index (χ0) is 22.9. The summed E-state index contributed by atoms with van der Waals surface area (Å²) >= 11 is 0. The second-order valence-electron chi connectivity index (χ2n) is 8.72. The lowest BCUT2D eigenvalue weighted by Crippen LogP contribution is -2.57. The van der Waals surface area contributed by atoms with E-state index in [9.17, 15) is 24.3 Å². The summed E-state index contributed by atoms with van der Waals surface area (Å²) in [5, 5.41) is 16.9. The number of rotatable bonds is 12. The summed E-state index contributed by atoms with van der Waals surface area (Å²) in [5.41, 5.74) is 5.85. The van der Waals surface area contributed by atoms with E-state index in [4.69, 9.17) is 5.73 Å². The molecule has 6 N–H and O–H groups in total. The van der Waals surface area contributed by atoms with Crippen LogP contribution in [0.15, 0.2) is 0 Å². The molecular weight excluding hydrogens is 376 g/mol. The van der Waals surface area contributed by atoms with Crippen molar-refractivity contribution in [3.8, 4) is 0 Å². The van der Waals surface area contributed by atoms with Crippen molar-refractivity contribution in [3.05, 3.63) is 0 Å². The molecule has 9 heteroatoms. The summed E-state index contributed by atoms with van der Waals surface area (Å²) in [6, 6.07) is -3.57. The Morgan fingerprint density at radius 3 is 1.59 bits per heavy atom. The van der Waals surface area contributed by atoms with Crippen LogP contribution in [0.2, 0.25) is 0 Å². The molecule has 0 aliphatic carbocycles. The van der Waals surface area contributed by atoms with Crippen molar-refractivity contribution < 1.29 is 24.3 Å². The molecule has 4 atom stereocenters. The van der Waals surface area contributed by atoms with Crippen LogP contribution in [0, 0.1) is 17.8 Å². The standard InChI is InChI=1S/C20H38N4O5/c1-10(2)8-14(23-19(27)16(21)12(5)6)18(26)22-13(7)17(25)24-15(20(28)29)9-11(3)4/h10-16H,8-9,21H2,1-7H3,(H,22,26)(H,23,27)(H,24,25)(H,28,29)/t13-,14-,15-,16-/m0/s1. The number of hydrogen-bond donors (Lipinski definition) is 5. The van der Waals surface area contributed by atoms with E-state index in [1.807, 2.05) is 41.5 Å². The summed E-state index contributed by atoms with van der Waals surface area (Å²) in [6.07, 6.45) is 0.655. The van der Waals surface area contributed by atoms with Gasteiger partial charge in [0.2, 0.25) is 17.7 Å². The largest absolute Gasteiger partial charge is 0.480 e. The van der Waals surface area contributed by atoms with Gasteiger partial charge < -0.3 is 26.8 Å². The fraction of sp³-hybridized carbons (Fsp3) is 0.800. The van der Waals surface area contributed by atoms with E-state index in [1.54, 1.807) is 0 Å². The number of nitrogens with one attached hydrogen (secondary N) is 3. The van der Waals surface area contributed by atoms with Crippen LogP contribution in [0.1, 0.15) is 61.3 Å². The molecule has 0 fully saturated rings. The molecule has 0 saturated carbocycles. The summed E-state index contributed by atoms with van der Waals surface area (Å²) in [7, 11) is 0. The molecule has 0 rings (SSSR count). The minimum atomic E-state index is -1.13. The molecule has 0 heterocycles. The van der Waals surface area contributed by atoms with E-state index in [0.29, 0.717) is 6.42 Å². The maximum Gasteiger partial charge on any atom is 0.326 e. The third-order valence-corrected chi connectivity index (χ3v) is 4.43. The van der Waals surface area contributed by atoms with Crippen LogP contribution >= 0.6 is 0 Å². The van der Waals surface area contributed by atoms with Crippen molar-refractivity contribution in [2.75, 3.05) is 0 Å². The zero-order valence-electron chi connectivity index (χ0n) is 18.6. The molecule has 0 aromatic carbocycles. The smallest absolute Gasteiger partial charge is 0.326 e. The van der Waals surface area contributed by atoms with Crippen LogP contribution in [0.3, 0.4) is 0 Å². The first-order valence-electron chi connectivity index (χ1n) is 10.2. The van der Waals surface area contributed by atoms with Crippen LogP contribution in [0.5, 0.6) is 0 Å². The first-order chi connectivity index (χ1) is 13.3. The van der Waals surface area contributed by atoms with Gasteiger partial charge >= 0.3 is 5.97 Å². The summed E-state index contributed by atoms with van der Waals surface area (Å²) in [5.74, 6) is -2.55. The third-order valence-electron chi connectivity index (χ3n) is 4.43. The van der Waals surface area contributed by atoms with Crippen molar-refractivity contribution in [3.63, 3.8) is 0 Å². The Hall–Kier alpha value is -2.16. The second-order valence-corrected chi connectivity index (χ2v) is 8.72. The van der Waals surface area contributed by atoms with Gasteiger partial charge in [-0.3, -0.25) is 14.4 Å². The Morgan fingerprint density at radius 1 is 0.724 bits per heavy atom. The zero-order valence-corrected chi connectivity index (χ0v) is 18.6. The number of nitrogens with two attached hydrogens (primary N) is 1. The highest BCUT2D eigenvalue weighted by Gasteiger charge is 2.29. The van der Waals surface area contributed by atoms with E-state index in [1.165, 1.54) is 6.92 Å². The number of carbonyl (C=O) groups is 4. The molecule has 29 heavy (non-hydrogen) atoms. The Morgan fingerprint density at radius 2 is 1.17 bits per heavy atom. The van der Waals surface area contributed by atoms with Crippen LogP contribution in [-0.2, 0) is 19.2 Å². The first-order valence-corrected chi connectivity index (χ1v) is 10.2. The molecule has 3 amide bonds. The van der Waals surface area contributed by atoms with Crippen LogP contribution in [0.4, 0.5) is 0 Å². The quantitative estimate of drug-likeness (QED) is 0.316. The van der Waals surface area contributed by atoms with E-state index >= 15 is 0 Å². The van der Waals surface area contributed by atoms with Crippen molar-refractivity contribution >= 4 is 23.7 Å². The molecule has 0 unspecified atom stereocenters. The van der Waals surface area contributed by atoms with Crippen LogP contribution < -0.4 is 21.7 Å². The van der Waals surface area contributed by atoms with Gasteiger partial charge in [0.05, 0.1) is 6.04 Å². The number of carboxylic acids is 1. The monoisotopic (exact) mass is 414 g/mol. The lowest BCUT2D eigenvalue weighted by Gasteiger charge is -2.25. The van der Waals surface area contributed by atoms with Gasteiger partial charge in [-0.05, 0) is 37.5 Å². The van der Waals surface area contributed by atoms with Crippen LogP contribution in [0.25, 0.3) is 0 Å². The summed E-state index contributed by atoms with van der Waals surface area (Å²) in [4.78, 5) is 48.6. The average Bonchev–Trinajstić information content (AvgIpc) is 2.58. The number of amides is 3. The van der Waals surface area contributed by atoms with E-state index in [-0.39, 0.29) is 24.2 Å². The SMILES string of the molecule is CC(C)C[C@H](NC(=O)[C@H](C)NC(=O)[C@H](CC(C)C)NC(=O)[C@@H](N)C(C)C)C(=O)O. The number of aliphatic carboxylic acids is 1. The van der Waals surface area contributed by atoms with E-state index in [2.05, 4.69) is 16.0 Å². The Labute approximate surface area is 173 Å². The molecule has 0 radical (unpaired) electrons. The predicted molar refractivity (Wildman–Crippen MR) is 111 cm³/mol. The molecule has 9 nitrogen and oxygen atoms in total. The normalized spacial score (nSPS) is 15.6. The first kappa shape index (κ1) is 26.8. The highest BCUT2D eigenvalue weighted by molar-refractivity contribution is 5.93. The fourth-order valence-electron chi connectivity index (χ4n) is 2.64. The summed E-state index contributed by atoms with van der Waals surface area (Å²) in [6.45, 7) is 12.6. The van der Waals surface area contributed by atoms with Gasteiger partial charge in [-0.1, -0.05) is 41.5 Å². The average molecular weight is 415 g/mol. The van der Waals surface area contributed by atoms with Crippen molar-refractivity contribution in [2.45, 2.75) is 85.5 Å². The predicted octanol–water partition coefficient (Wildman–Crippen LogP) is 0.621. The Bertz CT molecular complexity index is 577. The molecule has 0 saturated heterocycles. The minimum Gasteiger partial charge on any atom is -0.480 e. The minimum absolute atomic E-state index is 0.0806. The Kier molecular flexibility index (Phi) is 11.5. The van der Waals surface area contributed by atoms with Crippen molar-refractivity contribution in [1.82, 2.24) is 16.0 Å². The lowest BCUT2D eigenvalue weighted by atomic mass is 10.00. The third kappa shape index (κ3) is 10.3. The summed E-state index contributed by atoms with van der Waals surface area (Å²) < 4.78 is 0. The maximum absolute atomic E-state index is 12.7. The molecule has 0 bridgehead atoms. The number of carboxylic acid groups (broad SMARTS) is 1. The highest BCUT2D eigenvalue weighted by atomic mass is 16.4. The molecule has 168 valence electrons.